The van der Waals surface area contributed by atoms with Crippen LogP contribution in [0.25, 0.3) is 0 Å². The number of carbonyl (C=O) groups is 3. The van der Waals surface area contributed by atoms with E-state index < -0.39 is 17.9 Å². The standard InChI is InChI=1S/C19H18ClN5O3S/c1-2-24-18(28)15(11-16(26)22-13-7-5-6-12(20)10-13)25(19(24)29)23-17(27)14-8-3-4-9-21-14/h3-10,15H,2,11H2,1H3,(H,22,26)(H,23,27). The maximum Gasteiger partial charge on any atom is 0.288 e. The Hall–Kier alpha value is -3.04. The predicted molar refractivity (Wildman–Crippen MR) is 112 cm³/mol. The Morgan fingerprint density at radius 1 is 1.24 bits per heavy atom. The molecule has 0 aliphatic carbocycles. The molecule has 0 saturated carbocycles. The van der Waals surface area contributed by atoms with Crippen molar-refractivity contribution in [3.63, 3.8) is 0 Å². The van der Waals surface area contributed by atoms with Crippen molar-refractivity contribution in [1.82, 2.24) is 20.3 Å². The number of carbonyl (C=O) groups excluding carboxylic acids is 3. The van der Waals surface area contributed by atoms with Gasteiger partial charge < -0.3 is 5.32 Å². The molecular formula is C19H18ClN5O3S. The molecule has 1 aromatic carbocycles. The first-order chi connectivity index (χ1) is 13.9. The van der Waals surface area contributed by atoms with Crippen LogP contribution in [-0.4, -0.2) is 50.3 Å². The zero-order chi connectivity index (χ0) is 21.0. The summed E-state index contributed by atoms with van der Waals surface area (Å²) in [4.78, 5) is 43.1. The number of nitrogens with one attached hydrogen (secondary N) is 2. The van der Waals surface area contributed by atoms with Gasteiger partial charge in [-0.15, -0.1) is 0 Å². The topological polar surface area (TPSA) is 94.6 Å². The molecule has 2 heterocycles. The summed E-state index contributed by atoms with van der Waals surface area (Å²) in [5, 5.41) is 4.54. The van der Waals surface area contributed by atoms with E-state index in [1.54, 1.807) is 43.3 Å². The van der Waals surface area contributed by atoms with Gasteiger partial charge in [-0.3, -0.25) is 29.7 Å². The maximum absolute atomic E-state index is 12.7. The predicted octanol–water partition coefficient (Wildman–Crippen LogP) is 2.23. The molecule has 1 aromatic heterocycles. The Kier molecular flexibility index (Phi) is 6.40. The molecule has 1 unspecified atom stereocenters. The fourth-order valence-corrected chi connectivity index (χ4v) is 3.44. The second-order valence-corrected chi connectivity index (χ2v) is 6.97. The lowest BCUT2D eigenvalue weighted by molar-refractivity contribution is -0.130. The quantitative estimate of drug-likeness (QED) is 0.681. The maximum atomic E-state index is 12.7. The van der Waals surface area contributed by atoms with E-state index in [1.807, 2.05) is 0 Å². The summed E-state index contributed by atoms with van der Waals surface area (Å²) in [7, 11) is 0. The number of rotatable bonds is 6. The van der Waals surface area contributed by atoms with Gasteiger partial charge in [-0.05, 0) is 49.5 Å². The van der Waals surface area contributed by atoms with E-state index in [-0.39, 0.29) is 23.1 Å². The van der Waals surface area contributed by atoms with Crippen LogP contribution in [0.15, 0.2) is 48.7 Å². The number of pyridine rings is 1. The van der Waals surface area contributed by atoms with Crippen molar-refractivity contribution < 1.29 is 14.4 Å². The molecule has 29 heavy (non-hydrogen) atoms. The number of thiocarbonyl (C=S) groups is 1. The van der Waals surface area contributed by atoms with Gasteiger partial charge in [-0.2, -0.15) is 0 Å². The SMILES string of the molecule is CCN1C(=O)C(CC(=O)Nc2cccc(Cl)c2)N(NC(=O)c2ccccn2)C1=S. The van der Waals surface area contributed by atoms with Gasteiger partial charge in [0.2, 0.25) is 5.91 Å². The average molecular weight is 432 g/mol. The number of nitrogens with zero attached hydrogens (tertiary/aromatic N) is 3. The molecule has 0 spiro atoms. The van der Waals surface area contributed by atoms with Gasteiger partial charge in [0.1, 0.15) is 11.7 Å². The molecule has 0 radical (unpaired) electrons. The largest absolute Gasteiger partial charge is 0.326 e. The van der Waals surface area contributed by atoms with Crippen LogP contribution in [0.4, 0.5) is 5.69 Å². The highest BCUT2D eigenvalue weighted by Gasteiger charge is 2.44. The highest BCUT2D eigenvalue weighted by molar-refractivity contribution is 7.80. The first-order valence-electron chi connectivity index (χ1n) is 8.82. The van der Waals surface area contributed by atoms with Gasteiger partial charge in [0.15, 0.2) is 5.11 Å². The first kappa shape index (κ1) is 20.7. The second kappa shape index (κ2) is 8.97. The number of aromatic nitrogens is 1. The zero-order valence-corrected chi connectivity index (χ0v) is 17.0. The average Bonchev–Trinajstić information content (AvgIpc) is 2.92. The van der Waals surface area contributed by atoms with Gasteiger partial charge in [-0.1, -0.05) is 23.7 Å². The molecule has 2 aromatic rings. The summed E-state index contributed by atoms with van der Waals surface area (Å²) in [6, 6.07) is 10.6. The molecule has 1 saturated heterocycles. The van der Waals surface area contributed by atoms with Crippen LogP contribution >= 0.6 is 23.8 Å². The third-order valence-corrected chi connectivity index (χ3v) is 4.87. The smallest absolute Gasteiger partial charge is 0.288 e. The van der Waals surface area contributed by atoms with Gasteiger partial charge in [-0.25, -0.2) is 5.01 Å². The van der Waals surface area contributed by atoms with Crippen molar-refractivity contribution in [2.45, 2.75) is 19.4 Å². The van der Waals surface area contributed by atoms with Gasteiger partial charge in [0, 0.05) is 23.5 Å². The molecule has 1 aliphatic rings. The van der Waals surface area contributed by atoms with E-state index in [0.29, 0.717) is 17.3 Å². The van der Waals surface area contributed by atoms with Gasteiger partial charge in [0.25, 0.3) is 11.8 Å². The van der Waals surface area contributed by atoms with Crippen LogP contribution in [0, 0.1) is 0 Å². The number of likely N-dealkylation sites (N-methyl/N-ethyl adjacent to an activating group) is 1. The van der Waals surface area contributed by atoms with E-state index in [1.165, 1.54) is 22.2 Å². The van der Waals surface area contributed by atoms with E-state index >= 15 is 0 Å². The summed E-state index contributed by atoms with van der Waals surface area (Å²) in [6.45, 7) is 2.08. The van der Waals surface area contributed by atoms with E-state index in [4.69, 9.17) is 23.8 Å². The fourth-order valence-electron chi connectivity index (χ4n) is 2.86. The lowest BCUT2D eigenvalue weighted by Crippen LogP contribution is -2.49. The lowest BCUT2D eigenvalue weighted by atomic mass is 10.2. The number of anilines is 1. The fraction of sp³-hybridized carbons (Fsp3) is 0.211. The molecule has 8 nitrogen and oxygen atoms in total. The van der Waals surface area contributed by atoms with Gasteiger partial charge >= 0.3 is 0 Å². The summed E-state index contributed by atoms with van der Waals surface area (Å²) >= 11 is 11.3. The highest BCUT2D eigenvalue weighted by Crippen LogP contribution is 2.21. The molecular weight excluding hydrogens is 414 g/mol. The molecule has 3 amide bonds. The highest BCUT2D eigenvalue weighted by atomic mass is 35.5. The number of hydrogen-bond acceptors (Lipinski definition) is 5. The third-order valence-electron chi connectivity index (χ3n) is 4.22. The molecule has 10 heteroatoms. The van der Waals surface area contributed by atoms with Crippen molar-refractivity contribution >= 4 is 52.3 Å². The number of benzene rings is 1. The monoisotopic (exact) mass is 431 g/mol. The van der Waals surface area contributed by atoms with Crippen molar-refractivity contribution in [3.05, 3.63) is 59.4 Å². The van der Waals surface area contributed by atoms with Crippen LogP contribution in [0.1, 0.15) is 23.8 Å². The van der Waals surface area contributed by atoms with Crippen LogP contribution in [0.3, 0.4) is 0 Å². The van der Waals surface area contributed by atoms with Crippen molar-refractivity contribution in [2.24, 2.45) is 0 Å². The second-order valence-electron chi connectivity index (χ2n) is 6.17. The zero-order valence-electron chi connectivity index (χ0n) is 15.5. The number of hydrazine groups is 1. The normalized spacial score (nSPS) is 16.1. The molecule has 3 rings (SSSR count). The molecule has 1 atom stereocenters. The van der Waals surface area contributed by atoms with Gasteiger partial charge in [0.05, 0.1) is 6.42 Å². The first-order valence-corrected chi connectivity index (χ1v) is 9.61. The van der Waals surface area contributed by atoms with Crippen LogP contribution in [-0.2, 0) is 9.59 Å². The van der Waals surface area contributed by atoms with E-state index in [0.717, 1.165) is 0 Å². The van der Waals surface area contributed by atoms with E-state index in [9.17, 15) is 14.4 Å². The molecule has 1 aliphatic heterocycles. The van der Waals surface area contributed by atoms with Crippen molar-refractivity contribution in [1.29, 1.82) is 0 Å². The third kappa shape index (κ3) is 4.69. The van der Waals surface area contributed by atoms with Crippen LogP contribution in [0.2, 0.25) is 5.02 Å². The molecule has 2 N–H and O–H groups in total. The van der Waals surface area contributed by atoms with Crippen molar-refractivity contribution in [2.75, 3.05) is 11.9 Å². The minimum atomic E-state index is -0.964. The Bertz CT molecular complexity index is 956. The number of amides is 3. The van der Waals surface area contributed by atoms with E-state index in [2.05, 4.69) is 15.7 Å². The summed E-state index contributed by atoms with van der Waals surface area (Å²) in [6.07, 6.45) is 1.28. The molecule has 150 valence electrons. The molecule has 1 fully saturated rings. The summed E-state index contributed by atoms with van der Waals surface area (Å²) in [5.41, 5.74) is 3.27. The molecule has 0 bridgehead atoms. The number of hydrogen-bond donors (Lipinski definition) is 2. The Labute approximate surface area is 177 Å². The summed E-state index contributed by atoms with van der Waals surface area (Å²) in [5.74, 6) is -1.30. The summed E-state index contributed by atoms with van der Waals surface area (Å²) < 4.78 is 0. The Morgan fingerprint density at radius 2 is 2.03 bits per heavy atom. The minimum Gasteiger partial charge on any atom is -0.326 e. The Balaban J connectivity index is 1.76. The van der Waals surface area contributed by atoms with Crippen molar-refractivity contribution in [3.8, 4) is 0 Å². The van der Waals surface area contributed by atoms with Crippen LogP contribution < -0.4 is 10.7 Å². The number of halogens is 1. The van der Waals surface area contributed by atoms with Crippen LogP contribution in [0.5, 0.6) is 0 Å². The lowest BCUT2D eigenvalue weighted by Gasteiger charge is -2.24. The Morgan fingerprint density at radius 3 is 2.69 bits per heavy atom. The minimum absolute atomic E-state index is 0.127.